The van der Waals surface area contributed by atoms with Crippen molar-refractivity contribution in [2.45, 2.75) is 56.6 Å². The van der Waals surface area contributed by atoms with Gasteiger partial charge in [-0.1, -0.05) is 0 Å². The van der Waals surface area contributed by atoms with E-state index in [4.69, 9.17) is 18.6 Å². The zero-order chi connectivity index (χ0) is 23.5. The third kappa shape index (κ3) is 4.03. The van der Waals surface area contributed by atoms with Crippen LogP contribution in [-0.2, 0) is 11.2 Å². The van der Waals surface area contributed by atoms with Gasteiger partial charge in [-0.25, -0.2) is 0 Å². The average Bonchev–Trinajstić information content (AvgIpc) is 3.16. The van der Waals surface area contributed by atoms with E-state index in [1.54, 1.807) is 12.1 Å². The van der Waals surface area contributed by atoms with E-state index in [0.717, 1.165) is 10.9 Å². The third-order valence-corrected chi connectivity index (χ3v) is 6.17. The molecular weight excluding hydrogens is 432 g/mol. The van der Waals surface area contributed by atoms with Crippen LogP contribution in [0.3, 0.4) is 0 Å². The van der Waals surface area contributed by atoms with Gasteiger partial charge in [0, 0.05) is 29.5 Å². The number of furan rings is 1. The van der Waals surface area contributed by atoms with Crippen LogP contribution in [0.1, 0.15) is 19.4 Å². The normalized spacial score (nSPS) is 28.8. The van der Waals surface area contributed by atoms with Gasteiger partial charge < -0.3 is 44.2 Å². The van der Waals surface area contributed by atoms with Crippen molar-refractivity contribution in [1.82, 2.24) is 0 Å². The largest absolute Gasteiger partial charge is 0.508 e. The molecule has 3 aromatic rings. The minimum atomic E-state index is -1.46. The molecule has 5 rings (SSSR count). The van der Waals surface area contributed by atoms with Crippen LogP contribution in [-0.4, -0.2) is 68.4 Å². The van der Waals surface area contributed by atoms with Gasteiger partial charge in [0.25, 0.3) is 0 Å². The number of hydrogen-bond acceptors (Lipinski definition) is 9. The summed E-state index contributed by atoms with van der Waals surface area (Å²) in [5.74, 6) is 1.21. The summed E-state index contributed by atoms with van der Waals surface area (Å²) in [5, 5.41) is 50.9. The standard InChI is InChI=1S/C24H26O9/c1-24(2)20(27)7-12-3-11-6-17(32-18(11)9-19(12)33-24)13-4-14(25)8-15(5-13)31-23-22(29)21(28)16(26)10-30-23/h3-6,8-9,16,20-23,25-29H,7,10H2,1-2H3/t16-,20+,21-,22-,23+/m1/s1. The molecule has 0 radical (unpaired) electrons. The monoisotopic (exact) mass is 458 g/mol. The first-order chi connectivity index (χ1) is 15.6. The van der Waals surface area contributed by atoms with E-state index >= 15 is 0 Å². The molecule has 2 aliphatic rings. The van der Waals surface area contributed by atoms with Crippen LogP contribution in [0.2, 0.25) is 0 Å². The van der Waals surface area contributed by atoms with Gasteiger partial charge in [0.05, 0.1) is 12.7 Å². The maximum atomic E-state index is 10.3. The first kappa shape index (κ1) is 22.0. The van der Waals surface area contributed by atoms with Crippen molar-refractivity contribution in [3.8, 4) is 28.6 Å². The van der Waals surface area contributed by atoms with Crippen molar-refractivity contribution in [2.24, 2.45) is 0 Å². The van der Waals surface area contributed by atoms with Crippen LogP contribution in [0.25, 0.3) is 22.3 Å². The predicted octanol–water partition coefficient (Wildman–Crippen LogP) is 1.70. The molecule has 0 saturated carbocycles. The summed E-state index contributed by atoms with van der Waals surface area (Å²) in [6.07, 6.45) is -5.46. The molecule has 0 bridgehead atoms. The van der Waals surface area contributed by atoms with Crippen LogP contribution in [0.15, 0.2) is 40.8 Å². The zero-order valence-corrected chi connectivity index (χ0v) is 18.1. The lowest BCUT2D eigenvalue weighted by atomic mass is 9.90. The molecule has 5 atom stereocenters. The number of aromatic hydroxyl groups is 1. The van der Waals surface area contributed by atoms with Crippen molar-refractivity contribution in [1.29, 1.82) is 0 Å². The van der Waals surface area contributed by atoms with Crippen molar-refractivity contribution >= 4 is 11.0 Å². The summed E-state index contributed by atoms with van der Waals surface area (Å²) in [7, 11) is 0. The molecular formula is C24H26O9. The van der Waals surface area contributed by atoms with E-state index in [1.165, 1.54) is 12.1 Å². The highest BCUT2D eigenvalue weighted by Gasteiger charge is 2.39. The van der Waals surface area contributed by atoms with Crippen molar-refractivity contribution < 1.29 is 44.2 Å². The molecule has 9 nitrogen and oxygen atoms in total. The first-order valence-electron chi connectivity index (χ1n) is 10.7. The number of benzene rings is 2. The molecule has 33 heavy (non-hydrogen) atoms. The quantitative estimate of drug-likeness (QED) is 0.396. The summed E-state index contributed by atoms with van der Waals surface area (Å²) in [4.78, 5) is 0. The Balaban J connectivity index is 1.45. The smallest absolute Gasteiger partial charge is 0.228 e. The molecule has 1 fully saturated rings. The van der Waals surface area contributed by atoms with Gasteiger partial charge in [0.2, 0.25) is 6.29 Å². The van der Waals surface area contributed by atoms with Gasteiger partial charge in [-0.3, -0.25) is 0 Å². The summed E-state index contributed by atoms with van der Waals surface area (Å²) >= 11 is 0. The van der Waals surface area contributed by atoms with Crippen LogP contribution >= 0.6 is 0 Å². The van der Waals surface area contributed by atoms with Gasteiger partial charge >= 0.3 is 0 Å². The van der Waals surface area contributed by atoms with Crippen LogP contribution in [0, 0.1) is 0 Å². The average molecular weight is 458 g/mol. The van der Waals surface area contributed by atoms with Crippen LogP contribution in [0.4, 0.5) is 0 Å². The molecule has 0 unspecified atom stereocenters. The number of rotatable bonds is 3. The fourth-order valence-electron chi connectivity index (χ4n) is 4.13. The van der Waals surface area contributed by atoms with E-state index in [-0.39, 0.29) is 18.1 Å². The first-order valence-corrected chi connectivity index (χ1v) is 10.7. The lowest BCUT2D eigenvalue weighted by Gasteiger charge is -2.36. The number of ether oxygens (including phenoxy) is 3. The molecule has 3 heterocycles. The number of hydrogen-bond donors (Lipinski definition) is 5. The minimum absolute atomic E-state index is 0.0960. The highest BCUT2D eigenvalue weighted by atomic mass is 16.7. The fraction of sp³-hybridized carbons (Fsp3) is 0.417. The second kappa shape index (κ2) is 7.89. The van der Waals surface area contributed by atoms with E-state index in [1.807, 2.05) is 26.0 Å². The topological polar surface area (TPSA) is 142 Å². The Labute approximate surface area is 189 Å². The SMILES string of the molecule is CC1(C)Oc2cc3oc(-c4cc(O)cc(O[C@@H]5OC[C@@H](O)[C@@H](O)[C@H]5O)c4)cc3cc2C[C@@H]1O. The summed E-state index contributed by atoms with van der Waals surface area (Å²) in [6.45, 7) is 3.47. The third-order valence-electron chi connectivity index (χ3n) is 6.17. The molecule has 0 amide bonds. The van der Waals surface area contributed by atoms with Crippen molar-refractivity contribution in [2.75, 3.05) is 6.61 Å². The van der Waals surface area contributed by atoms with Crippen LogP contribution in [0.5, 0.6) is 17.2 Å². The Kier molecular flexibility index (Phi) is 5.26. The van der Waals surface area contributed by atoms with Crippen molar-refractivity contribution in [3.63, 3.8) is 0 Å². The molecule has 0 spiro atoms. The maximum Gasteiger partial charge on any atom is 0.228 e. The second-order valence-corrected chi connectivity index (χ2v) is 9.12. The number of aliphatic hydroxyl groups excluding tert-OH is 4. The van der Waals surface area contributed by atoms with Crippen molar-refractivity contribution in [3.05, 3.63) is 42.0 Å². The molecule has 0 aliphatic carbocycles. The van der Waals surface area contributed by atoms with Gasteiger partial charge in [-0.2, -0.15) is 0 Å². The number of phenols is 1. The molecule has 2 aromatic carbocycles. The van der Waals surface area contributed by atoms with Gasteiger partial charge in [0.15, 0.2) is 0 Å². The molecule has 176 valence electrons. The lowest BCUT2D eigenvalue weighted by molar-refractivity contribution is -0.242. The number of phenolic OH excluding ortho intramolecular Hbond substituents is 1. The van der Waals surface area contributed by atoms with E-state index < -0.39 is 36.3 Å². The van der Waals surface area contributed by atoms with Gasteiger partial charge in [-0.05, 0) is 43.7 Å². The second-order valence-electron chi connectivity index (χ2n) is 9.12. The molecule has 1 aromatic heterocycles. The summed E-state index contributed by atoms with van der Waals surface area (Å²) in [5.41, 5.74) is 1.28. The molecule has 1 saturated heterocycles. The van der Waals surface area contributed by atoms with Gasteiger partial charge in [0.1, 0.15) is 52.5 Å². The van der Waals surface area contributed by atoms with E-state index in [0.29, 0.717) is 29.1 Å². The molecule has 2 aliphatic heterocycles. The summed E-state index contributed by atoms with van der Waals surface area (Å²) in [6, 6.07) is 9.97. The zero-order valence-electron chi connectivity index (χ0n) is 18.1. The van der Waals surface area contributed by atoms with E-state index in [2.05, 4.69) is 0 Å². The minimum Gasteiger partial charge on any atom is -0.508 e. The Morgan fingerprint density at radius 3 is 2.55 bits per heavy atom. The lowest BCUT2D eigenvalue weighted by Crippen LogP contribution is -2.54. The Morgan fingerprint density at radius 1 is 0.970 bits per heavy atom. The highest BCUT2D eigenvalue weighted by molar-refractivity contribution is 5.85. The number of aliphatic hydroxyl groups is 4. The fourth-order valence-corrected chi connectivity index (χ4v) is 4.13. The van der Waals surface area contributed by atoms with E-state index in [9.17, 15) is 25.5 Å². The number of fused-ring (bicyclic) bond motifs is 2. The predicted molar refractivity (Wildman–Crippen MR) is 116 cm³/mol. The Morgan fingerprint density at radius 2 is 1.76 bits per heavy atom. The Bertz CT molecular complexity index is 1180. The van der Waals surface area contributed by atoms with Crippen LogP contribution < -0.4 is 9.47 Å². The summed E-state index contributed by atoms with van der Waals surface area (Å²) < 4.78 is 22.9. The Hall–Kier alpha value is -2.82. The highest BCUT2D eigenvalue weighted by Crippen LogP contribution is 2.39. The molecule has 5 N–H and O–H groups in total. The van der Waals surface area contributed by atoms with Gasteiger partial charge in [-0.15, -0.1) is 0 Å². The molecule has 9 heteroatoms. The maximum absolute atomic E-state index is 10.3.